The van der Waals surface area contributed by atoms with E-state index in [0.29, 0.717) is 31.2 Å². The Labute approximate surface area is 104 Å². The zero-order valence-corrected chi connectivity index (χ0v) is 10.1. The van der Waals surface area contributed by atoms with E-state index in [1.54, 1.807) is 19.3 Å². The van der Waals surface area contributed by atoms with Gasteiger partial charge in [0.1, 0.15) is 0 Å². The molecule has 0 aromatic carbocycles. The van der Waals surface area contributed by atoms with Crippen molar-refractivity contribution in [2.75, 3.05) is 0 Å². The molecule has 0 aliphatic heterocycles. The number of hydrogen-bond donors (Lipinski definition) is 1. The number of carbonyl (C=O) groups excluding carboxylic acids is 1. The van der Waals surface area contributed by atoms with Gasteiger partial charge < -0.3 is 9.73 Å². The van der Waals surface area contributed by atoms with Crippen LogP contribution < -0.4 is 5.32 Å². The van der Waals surface area contributed by atoms with Crippen molar-refractivity contribution in [1.82, 2.24) is 20.5 Å². The Bertz CT molecular complexity index is 510. The largest absolute Gasteiger partial charge is 0.426 e. The quantitative estimate of drug-likeness (QED) is 0.851. The number of hydrogen-bond acceptors (Lipinski definition) is 5. The van der Waals surface area contributed by atoms with E-state index >= 15 is 0 Å². The molecular formula is C12H14N4O2. The zero-order chi connectivity index (χ0) is 12.8. The Morgan fingerprint density at radius 1 is 1.33 bits per heavy atom. The summed E-state index contributed by atoms with van der Waals surface area (Å²) >= 11 is 0. The van der Waals surface area contributed by atoms with Crippen LogP contribution >= 0.6 is 0 Å². The van der Waals surface area contributed by atoms with Crippen LogP contribution in [0.2, 0.25) is 0 Å². The Kier molecular flexibility index (Phi) is 4.01. The minimum Gasteiger partial charge on any atom is -0.426 e. The lowest BCUT2D eigenvalue weighted by Gasteiger charge is -2.03. The molecule has 1 N–H and O–H groups in total. The molecule has 1 amide bonds. The molecule has 2 rings (SSSR count). The van der Waals surface area contributed by atoms with Crippen molar-refractivity contribution in [3.8, 4) is 0 Å². The van der Waals surface area contributed by atoms with Crippen LogP contribution in [0.1, 0.15) is 23.8 Å². The first-order valence-electron chi connectivity index (χ1n) is 5.68. The van der Waals surface area contributed by atoms with Gasteiger partial charge >= 0.3 is 0 Å². The fourth-order valence-corrected chi connectivity index (χ4v) is 1.45. The molecule has 0 fully saturated rings. The molecular weight excluding hydrogens is 232 g/mol. The number of aryl methyl sites for hydroxylation is 2. The van der Waals surface area contributed by atoms with Crippen LogP contribution in [0.3, 0.4) is 0 Å². The van der Waals surface area contributed by atoms with Gasteiger partial charge in [-0.15, -0.1) is 10.2 Å². The number of amides is 1. The van der Waals surface area contributed by atoms with Crippen LogP contribution in [-0.2, 0) is 17.8 Å². The van der Waals surface area contributed by atoms with Gasteiger partial charge in [0, 0.05) is 38.7 Å². The van der Waals surface area contributed by atoms with Gasteiger partial charge in [-0.1, -0.05) is 0 Å². The number of carbonyl (C=O) groups is 1. The standard InChI is InChI=1S/C12H14N4O2/c1-9-15-16-12(18-9)3-2-11(17)14-8-10-4-6-13-7-5-10/h4-7H,2-3,8H2,1H3,(H,14,17). The average molecular weight is 246 g/mol. The zero-order valence-electron chi connectivity index (χ0n) is 10.1. The van der Waals surface area contributed by atoms with E-state index in [1.807, 2.05) is 12.1 Å². The van der Waals surface area contributed by atoms with Gasteiger partial charge in [0.25, 0.3) is 0 Å². The smallest absolute Gasteiger partial charge is 0.220 e. The van der Waals surface area contributed by atoms with Crippen LogP contribution in [-0.4, -0.2) is 21.1 Å². The lowest BCUT2D eigenvalue weighted by Crippen LogP contribution is -2.23. The minimum absolute atomic E-state index is 0.0392. The second-order valence-electron chi connectivity index (χ2n) is 3.85. The predicted molar refractivity (Wildman–Crippen MR) is 63.4 cm³/mol. The third-order valence-electron chi connectivity index (χ3n) is 2.37. The number of aromatic nitrogens is 3. The maximum Gasteiger partial charge on any atom is 0.220 e. The lowest BCUT2D eigenvalue weighted by atomic mass is 10.2. The summed E-state index contributed by atoms with van der Waals surface area (Å²) in [5, 5.41) is 10.4. The van der Waals surface area contributed by atoms with Gasteiger partial charge in [0.15, 0.2) is 0 Å². The molecule has 2 heterocycles. The topological polar surface area (TPSA) is 80.9 Å². The van der Waals surface area contributed by atoms with E-state index in [9.17, 15) is 4.79 Å². The van der Waals surface area contributed by atoms with Gasteiger partial charge in [-0.25, -0.2) is 0 Å². The van der Waals surface area contributed by atoms with E-state index in [0.717, 1.165) is 5.56 Å². The fraction of sp³-hybridized carbons (Fsp3) is 0.333. The minimum atomic E-state index is -0.0392. The molecule has 0 spiro atoms. The lowest BCUT2D eigenvalue weighted by molar-refractivity contribution is -0.121. The van der Waals surface area contributed by atoms with Gasteiger partial charge in [-0.3, -0.25) is 9.78 Å². The highest BCUT2D eigenvalue weighted by Crippen LogP contribution is 2.01. The van der Waals surface area contributed by atoms with E-state index in [4.69, 9.17) is 4.42 Å². The number of nitrogens with zero attached hydrogens (tertiary/aromatic N) is 3. The van der Waals surface area contributed by atoms with Crippen LogP contribution in [0.15, 0.2) is 28.9 Å². The molecule has 0 saturated carbocycles. The first-order valence-corrected chi connectivity index (χ1v) is 5.68. The van der Waals surface area contributed by atoms with E-state index in [-0.39, 0.29) is 5.91 Å². The molecule has 0 bridgehead atoms. The first-order chi connectivity index (χ1) is 8.74. The van der Waals surface area contributed by atoms with Crippen LogP contribution in [0.25, 0.3) is 0 Å². The van der Waals surface area contributed by atoms with Gasteiger partial charge in [0.2, 0.25) is 17.7 Å². The average Bonchev–Trinajstić information content (AvgIpc) is 2.81. The number of pyridine rings is 1. The summed E-state index contributed by atoms with van der Waals surface area (Å²) in [4.78, 5) is 15.5. The molecule has 0 saturated heterocycles. The third kappa shape index (κ3) is 3.65. The van der Waals surface area contributed by atoms with Crippen molar-refractivity contribution < 1.29 is 9.21 Å². The SMILES string of the molecule is Cc1nnc(CCC(=O)NCc2ccncc2)o1. The van der Waals surface area contributed by atoms with Crippen LogP contribution in [0, 0.1) is 6.92 Å². The van der Waals surface area contributed by atoms with E-state index < -0.39 is 0 Å². The second-order valence-corrected chi connectivity index (χ2v) is 3.85. The summed E-state index contributed by atoms with van der Waals surface area (Å²) in [7, 11) is 0. The summed E-state index contributed by atoms with van der Waals surface area (Å²) in [6.45, 7) is 2.23. The summed E-state index contributed by atoms with van der Waals surface area (Å²) in [6.07, 6.45) is 4.20. The maximum atomic E-state index is 11.6. The van der Waals surface area contributed by atoms with Gasteiger partial charge in [0.05, 0.1) is 0 Å². The molecule has 0 aliphatic carbocycles. The molecule has 94 valence electrons. The molecule has 0 aliphatic rings. The fourth-order valence-electron chi connectivity index (χ4n) is 1.45. The van der Waals surface area contributed by atoms with Crippen molar-refractivity contribution in [3.63, 3.8) is 0 Å². The van der Waals surface area contributed by atoms with E-state index in [2.05, 4.69) is 20.5 Å². The molecule has 0 unspecified atom stereocenters. The van der Waals surface area contributed by atoms with Crippen molar-refractivity contribution in [1.29, 1.82) is 0 Å². The first kappa shape index (κ1) is 12.2. The highest BCUT2D eigenvalue weighted by atomic mass is 16.4. The summed E-state index contributed by atoms with van der Waals surface area (Å²) in [5.74, 6) is 0.969. The second kappa shape index (κ2) is 5.90. The Morgan fingerprint density at radius 3 is 2.78 bits per heavy atom. The molecule has 18 heavy (non-hydrogen) atoms. The van der Waals surface area contributed by atoms with Gasteiger partial charge in [-0.05, 0) is 17.7 Å². The van der Waals surface area contributed by atoms with Crippen molar-refractivity contribution in [2.24, 2.45) is 0 Å². The van der Waals surface area contributed by atoms with Crippen molar-refractivity contribution >= 4 is 5.91 Å². The normalized spacial score (nSPS) is 10.3. The molecule has 2 aromatic heterocycles. The summed E-state index contributed by atoms with van der Waals surface area (Å²) < 4.78 is 5.19. The molecule has 2 aromatic rings. The van der Waals surface area contributed by atoms with Gasteiger partial charge in [-0.2, -0.15) is 0 Å². The molecule has 6 nitrogen and oxygen atoms in total. The Balaban J connectivity index is 1.73. The third-order valence-corrected chi connectivity index (χ3v) is 2.37. The number of nitrogens with one attached hydrogen (secondary N) is 1. The number of rotatable bonds is 5. The van der Waals surface area contributed by atoms with E-state index in [1.165, 1.54) is 0 Å². The Hall–Kier alpha value is -2.24. The van der Waals surface area contributed by atoms with Crippen molar-refractivity contribution in [2.45, 2.75) is 26.3 Å². The van der Waals surface area contributed by atoms with Crippen LogP contribution in [0.5, 0.6) is 0 Å². The Morgan fingerprint density at radius 2 is 2.11 bits per heavy atom. The summed E-state index contributed by atoms with van der Waals surface area (Å²) in [5.41, 5.74) is 1.02. The van der Waals surface area contributed by atoms with Crippen LogP contribution in [0.4, 0.5) is 0 Å². The monoisotopic (exact) mass is 246 g/mol. The molecule has 6 heteroatoms. The highest BCUT2D eigenvalue weighted by Gasteiger charge is 2.06. The highest BCUT2D eigenvalue weighted by molar-refractivity contribution is 5.75. The molecule has 0 atom stereocenters. The summed E-state index contributed by atoms with van der Waals surface area (Å²) in [6, 6.07) is 3.73. The molecule has 0 radical (unpaired) electrons. The van der Waals surface area contributed by atoms with Crippen molar-refractivity contribution in [3.05, 3.63) is 41.9 Å². The maximum absolute atomic E-state index is 11.6. The predicted octanol–water partition coefficient (Wildman–Crippen LogP) is 1.02.